The number of thiophene rings is 1. The van der Waals surface area contributed by atoms with Crippen LogP contribution in [0.3, 0.4) is 0 Å². The minimum Gasteiger partial charge on any atom is -0.366 e. The van der Waals surface area contributed by atoms with Crippen molar-refractivity contribution in [2.45, 2.75) is 13.3 Å². The number of anilines is 2. The first-order chi connectivity index (χ1) is 13.7. The summed E-state index contributed by atoms with van der Waals surface area (Å²) in [6, 6.07) is 3.09. The van der Waals surface area contributed by atoms with Crippen molar-refractivity contribution >= 4 is 39.7 Å². The van der Waals surface area contributed by atoms with Crippen LogP contribution in [0.5, 0.6) is 0 Å². The molecule has 11 heteroatoms. The van der Waals surface area contributed by atoms with E-state index in [-0.39, 0.29) is 18.7 Å². The third-order valence-electron chi connectivity index (χ3n) is 3.77. The van der Waals surface area contributed by atoms with Gasteiger partial charge in [0, 0.05) is 0 Å². The SMILES string of the molecule is CCCN(CC(=O)Nc1ccc(F)c(F)c1F)CC(=O)Nc1sccc1C(N)=O. The van der Waals surface area contributed by atoms with E-state index in [2.05, 4.69) is 10.6 Å². The molecule has 1 aromatic carbocycles. The Morgan fingerprint density at radius 2 is 1.69 bits per heavy atom. The fraction of sp³-hybridized carbons (Fsp3) is 0.278. The van der Waals surface area contributed by atoms with Crippen molar-refractivity contribution in [2.75, 3.05) is 30.3 Å². The molecule has 156 valence electrons. The van der Waals surface area contributed by atoms with Gasteiger partial charge in [0.2, 0.25) is 11.8 Å². The van der Waals surface area contributed by atoms with Gasteiger partial charge < -0.3 is 16.4 Å². The third-order valence-corrected chi connectivity index (χ3v) is 4.60. The number of carbonyl (C=O) groups is 3. The zero-order chi connectivity index (χ0) is 21.6. The molecule has 0 saturated heterocycles. The number of amides is 3. The van der Waals surface area contributed by atoms with Gasteiger partial charge in [-0.3, -0.25) is 19.3 Å². The summed E-state index contributed by atoms with van der Waals surface area (Å²) in [5.41, 5.74) is 4.90. The molecular formula is C18H19F3N4O3S. The number of primary amides is 1. The number of rotatable bonds is 9. The van der Waals surface area contributed by atoms with Crippen molar-refractivity contribution < 1.29 is 27.6 Å². The summed E-state index contributed by atoms with van der Waals surface area (Å²) in [6.07, 6.45) is 0.617. The van der Waals surface area contributed by atoms with Gasteiger partial charge in [0.1, 0.15) is 5.00 Å². The summed E-state index contributed by atoms with van der Waals surface area (Å²) in [5, 5.41) is 6.62. The lowest BCUT2D eigenvalue weighted by Crippen LogP contribution is -2.39. The number of hydrogen-bond acceptors (Lipinski definition) is 5. The topological polar surface area (TPSA) is 105 Å². The van der Waals surface area contributed by atoms with Crippen LogP contribution >= 0.6 is 11.3 Å². The quantitative estimate of drug-likeness (QED) is 0.534. The van der Waals surface area contributed by atoms with Crippen molar-refractivity contribution in [3.63, 3.8) is 0 Å². The average Bonchev–Trinajstić information content (AvgIpc) is 3.10. The monoisotopic (exact) mass is 428 g/mol. The summed E-state index contributed by atoms with van der Waals surface area (Å²) >= 11 is 1.13. The lowest BCUT2D eigenvalue weighted by molar-refractivity contribution is -0.120. The summed E-state index contributed by atoms with van der Waals surface area (Å²) in [6.45, 7) is 1.74. The van der Waals surface area contributed by atoms with Crippen LogP contribution in [0.1, 0.15) is 23.7 Å². The predicted octanol–water partition coefficient (Wildman–Crippen LogP) is 2.55. The highest BCUT2D eigenvalue weighted by Crippen LogP contribution is 2.22. The van der Waals surface area contributed by atoms with E-state index in [0.29, 0.717) is 24.0 Å². The van der Waals surface area contributed by atoms with E-state index in [1.54, 1.807) is 5.38 Å². The van der Waals surface area contributed by atoms with Gasteiger partial charge in [-0.2, -0.15) is 0 Å². The molecule has 0 spiro atoms. The Kier molecular flexibility index (Phi) is 7.74. The first-order valence-electron chi connectivity index (χ1n) is 8.55. The van der Waals surface area contributed by atoms with E-state index in [1.807, 2.05) is 6.92 Å². The standard InChI is InChI=1S/C18H19F3N4O3S/c1-2-6-25(9-14(27)24-18-10(17(22)28)5-7-29-18)8-13(26)23-12-4-3-11(19)15(20)16(12)21/h3-5,7H,2,6,8-9H2,1H3,(H2,22,28)(H,23,26)(H,24,27). The second kappa shape index (κ2) is 10.0. The van der Waals surface area contributed by atoms with Gasteiger partial charge in [-0.15, -0.1) is 11.3 Å². The van der Waals surface area contributed by atoms with Crippen LogP contribution in [-0.2, 0) is 9.59 Å². The molecule has 0 radical (unpaired) electrons. The summed E-state index contributed by atoms with van der Waals surface area (Å²) in [5.74, 6) is -6.42. The zero-order valence-electron chi connectivity index (χ0n) is 15.4. The fourth-order valence-corrected chi connectivity index (χ4v) is 3.32. The van der Waals surface area contributed by atoms with Gasteiger partial charge in [-0.1, -0.05) is 6.92 Å². The highest BCUT2D eigenvalue weighted by atomic mass is 32.1. The highest BCUT2D eigenvalue weighted by Gasteiger charge is 2.19. The summed E-state index contributed by atoms with van der Waals surface area (Å²) < 4.78 is 39.9. The lowest BCUT2D eigenvalue weighted by Gasteiger charge is -2.20. The molecule has 0 aliphatic heterocycles. The van der Waals surface area contributed by atoms with Crippen LogP contribution in [0.2, 0.25) is 0 Å². The molecule has 4 N–H and O–H groups in total. The van der Waals surface area contributed by atoms with E-state index >= 15 is 0 Å². The Hall–Kier alpha value is -2.92. The highest BCUT2D eigenvalue weighted by molar-refractivity contribution is 7.14. The van der Waals surface area contributed by atoms with Crippen molar-refractivity contribution in [1.82, 2.24) is 4.90 Å². The Balaban J connectivity index is 1.99. The summed E-state index contributed by atoms with van der Waals surface area (Å²) in [7, 11) is 0. The first kappa shape index (κ1) is 22.4. The predicted molar refractivity (Wildman–Crippen MR) is 103 cm³/mol. The van der Waals surface area contributed by atoms with Crippen molar-refractivity contribution in [2.24, 2.45) is 5.73 Å². The van der Waals surface area contributed by atoms with Gasteiger partial charge >= 0.3 is 0 Å². The molecule has 0 unspecified atom stereocenters. The van der Waals surface area contributed by atoms with E-state index < -0.39 is 40.9 Å². The molecule has 29 heavy (non-hydrogen) atoms. The molecule has 3 amide bonds. The summed E-state index contributed by atoms with van der Waals surface area (Å²) in [4.78, 5) is 37.2. The lowest BCUT2D eigenvalue weighted by atomic mass is 10.2. The van der Waals surface area contributed by atoms with E-state index in [0.717, 1.165) is 17.4 Å². The molecule has 2 rings (SSSR count). The van der Waals surface area contributed by atoms with Gasteiger partial charge in [0.25, 0.3) is 5.91 Å². The Labute approximate surface area is 168 Å². The minimum atomic E-state index is -1.69. The van der Waals surface area contributed by atoms with Crippen LogP contribution < -0.4 is 16.4 Å². The number of nitrogens with one attached hydrogen (secondary N) is 2. The molecule has 0 saturated carbocycles. The zero-order valence-corrected chi connectivity index (χ0v) is 16.2. The van der Waals surface area contributed by atoms with Crippen molar-refractivity contribution in [3.05, 3.63) is 46.6 Å². The number of halogens is 3. The maximum atomic E-state index is 13.7. The molecule has 0 aliphatic rings. The number of nitrogens with zero attached hydrogens (tertiary/aromatic N) is 1. The Bertz CT molecular complexity index is 920. The second-order valence-electron chi connectivity index (χ2n) is 6.06. The molecule has 1 aromatic heterocycles. The molecule has 0 atom stereocenters. The smallest absolute Gasteiger partial charge is 0.251 e. The molecule has 2 aromatic rings. The first-order valence-corrected chi connectivity index (χ1v) is 9.43. The third kappa shape index (κ3) is 6.03. The molecular weight excluding hydrogens is 409 g/mol. The number of hydrogen-bond donors (Lipinski definition) is 3. The Morgan fingerprint density at radius 1 is 1.03 bits per heavy atom. The van der Waals surface area contributed by atoms with E-state index in [1.165, 1.54) is 11.0 Å². The van der Waals surface area contributed by atoms with Crippen molar-refractivity contribution in [1.29, 1.82) is 0 Å². The van der Waals surface area contributed by atoms with Gasteiger partial charge in [0.15, 0.2) is 17.5 Å². The second-order valence-corrected chi connectivity index (χ2v) is 6.97. The normalized spacial score (nSPS) is 10.8. The van der Waals surface area contributed by atoms with Crippen LogP contribution in [0.15, 0.2) is 23.6 Å². The van der Waals surface area contributed by atoms with E-state index in [9.17, 15) is 27.6 Å². The number of benzene rings is 1. The van der Waals surface area contributed by atoms with Gasteiger partial charge in [0.05, 0.1) is 24.3 Å². The van der Waals surface area contributed by atoms with Crippen LogP contribution in [-0.4, -0.2) is 42.3 Å². The largest absolute Gasteiger partial charge is 0.366 e. The van der Waals surface area contributed by atoms with E-state index in [4.69, 9.17) is 5.73 Å². The molecule has 1 heterocycles. The van der Waals surface area contributed by atoms with Gasteiger partial charge in [-0.25, -0.2) is 13.2 Å². The van der Waals surface area contributed by atoms with Crippen LogP contribution in [0, 0.1) is 17.5 Å². The van der Waals surface area contributed by atoms with Crippen molar-refractivity contribution in [3.8, 4) is 0 Å². The number of nitrogens with two attached hydrogens (primary N) is 1. The average molecular weight is 428 g/mol. The molecule has 7 nitrogen and oxygen atoms in total. The molecule has 0 bridgehead atoms. The Morgan fingerprint density at radius 3 is 2.31 bits per heavy atom. The van der Waals surface area contributed by atoms with Crippen LogP contribution in [0.25, 0.3) is 0 Å². The number of carbonyl (C=O) groups excluding carboxylic acids is 3. The van der Waals surface area contributed by atoms with Gasteiger partial charge in [-0.05, 0) is 36.5 Å². The van der Waals surface area contributed by atoms with Crippen LogP contribution in [0.4, 0.5) is 23.9 Å². The fourth-order valence-electron chi connectivity index (χ4n) is 2.51. The minimum absolute atomic E-state index is 0.178. The maximum absolute atomic E-state index is 13.7. The molecule has 0 aliphatic carbocycles. The molecule has 0 fully saturated rings. The maximum Gasteiger partial charge on any atom is 0.251 e.